The smallest absolute Gasteiger partial charge is 0.192 e. The molecule has 4 fully saturated rings. The number of aryl methyl sites for hydroxylation is 1. The summed E-state index contributed by atoms with van der Waals surface area (Å²) in [6.45, 7) is 12.3. The minimum Gasteiger partial charge on any atom is -0.496 e. The van der Waals surface area contributed by atoms with E-state index in [0.717, 1.165) is 40.8 Å². The Morgan fingerprint density at radius 2 is 1.66 bits per heavy atom. The largest absolute Gasteiger partial charge is 0.496 e. The molecule has 4 aliphatic carbocycles. The summed E-state index contributed by atoms with van der Waals surface area (Å²) in [4.78, 5) is 0. The van der Waals surface area contributed by atoms with Gasteiger partial charge in [0.1, 0.15) is 5.75 Å². The van der Waals surface area contributed by atoms with Crippen molar-refractivity contribution < 1.29 is 9.16 Å². The van der Waals surface area contributed by atoms with E-state index in [9.17, 15) is 0 Å². The summed E-state index contributed by atoms with van der Waals surface area (Å²) in [5, 5.41) is 0.199. The maximum Gasteiger partial charge on any atom is 0.192 e. The number of allylic oxidation sites excluding steroid dienone is 1. The molecule has 0 heterocycles. The second-order valence-electron chi connectivity index (χ2n) is 14.1. The third kappa shape index (κ3) is 5.88. The van der Waals surface area contributed by atoms with E-state index in [-0.39, 0.29) is 5.04 Å². The topological polar surface area (TPSA) is 18.5 Å². The van der Waals surface area contributed by atoms with Crippen molar-refractivity contribution >= 4 is 29.8 Å². The third-order valence-corrected chi connectivity index (χ3v) is 15.3. The molecule has 4 heteroatoms. The van der Waals surface area contributed by atoms with Gasteiger partial charge in [0.15, 0.2) is 8.32 Å². The molecule has 4 bridgehead atoms. The minimum absolute atomic E-state index is 0.199. The zero-order chi connectivity index (χ0) is 27.1. The first kappa shape index (κ1) is 28.2. The molecule has 4 saturated carbocycles. The molecule has 0 radical (unpaired) electrons. The second-order valence-corrected chi connectivity index (χ2v) is 19.8. The van der Waals surface area contributed by atoms with Crippen LogP contribution in [0.4, 0.5) is 0 Å². The van der Waals surface area contributed by atoms with Crippen molar-refractivity contribution in [1.82, 2.24) is 0 Å². The lowest BCUT2D eigenvalue weighted by Crippen LogP contribution is -2.48. The van der Waals surface area contributed by atoms with Gasteiger partial charge in [0, 0.05) is 10.0 Å². The number of methoxy groups -OCH3 is 1. The molecular formula is C34H47BrO2Si. The van der Waals surface area contributed by atoms with Gasteiger partial charge < -0.3 is 9.16 Å². The van der Waals surface area contributed by atoms with Gasteiger partial charge in [-0.05, 0) is 128 Å². The van der Waals surface area contributed by atoms with E-state index in [0.29, 0.717) is 12.0 Å². The number of hydrogen-bond donors (Lipinski definition) is 0. The fraction of sp³-hybridized carbons (Fsp3) is 0.588. The van der Waals surface area contributed by atoms with E-state index in [4.69, 9.17) is 9.16 Å². The van der Waals surface area contributed by atoms with E-state index in [1.807, 2.05) is 7.11 Å². The van der Waals surface area contributed by atoms with E-state index in [1.54, 1.807) is 0 Å². The van der Waals surface area contributed by atoms with Crippen LogP contribution < -0.4 is 4.74 Å². The Hall–Kier alpha value is -1.36. The number of ether oxygens (including phenoxy) is 1. The molecule has 0 unspecified atom stereocenters. The highest BCUT2D eigenvalue weighted by Crippen LogP contribution is 2.61. The van der Waals surface area contributed by atoms with Gasteiger partial charge in [0.05, 0.1) is 13.7 Å². The first-order chi connectivity index (χ1) is 18.0. The monoisotopic (exact) mass is 594 g/mol. The van der Waals surface area contributed by atoms with Gasteiger partial charge in [-0.25, -0.2) is 0 Å². The summed E-state index contributed by atoms with van der Waals surface area (Å²) in [5.41, 5.74) is 5.76. The van der Waals surface area contributed by atoms with E-state index < -0.39 is 8.32 Å². The van der Waals surface area contributed by atoms with Crippen LogP contribution in [0.25, 0.3) is 5.57 Å². The third-order valence-electron chi connectivity index (χ3n) is 10.3. The van der Waals surface area contributed by atoms with Crippen LogP contribution in [-0.2, 0) is 16.3 Å². The predicted octanol–water partition coefficient (Wildman–Crippen LogP) is 9.96. The first-order valence-electron chi connectivity index (χ1n) is 14.7. The van der Waals surface area contributed by atoms with Crippen molar-refractivity contribution in [3.63, 3.8) is 0 Å². The Kier molecular flexibility index (Phi) is 8.08. The maximum absolute atomic E-state index is 6.66. The van der Waals surface area contributed by atoms with Crippen molar-refractivity contribution in [3.8, 4) is 5.75 Å². The van der Waals surface area contributed by atoms with Gasteiger partial charge in [0.25, 0.3) is 0 Å². The number of hydrogen-bond acceptors (Lipinski definition) is 2. The summed E-state index contributed by atoms with van der Waals surface area (Å²) >= 11 is 3.66. The summed E-state index contributed by atoms with van der Waals surface area (Å²) in [5.74, 6) is 3.96. The molecule has 4 aliphatic rings. The quantitative estimate of drug-likeness (QED) is 0.269. The van der Waals surface area contributed by atoms with Gasteiger partial charge >= 0.3 is 0 Å². The van der Waals surface area contributed by atoms with Crippen molar-refractivity contribution in [3.05, 3.63) is 69.7 Å². The van der Waals surface area contributed by atoms with Crippen molar-refractivity contribution in [1.29, 1.82) is 0 Å². The fourth-order valence-electron chi connectivity index (χ4n) is 7.61. The van der Waals surface area contributed by atoms with Crippen molar-refractivity contribution in [2.45, 2.75) is 95.7 Å². The standard InChI is InChI=1S/C34H47BrO2Si/c1-33(2,3)38(5,6)37-23-29(28-10-8-12-30(35)19-28)11-7-9-24-13-14-31(32(18-24)36-4)34-20-25-15-26(21-34)17-27(16-25)22-34/h8,10-14,18-19,25-27H,7,9,15-17,20-23H2,1-6H3. The zero-order valence-corrected chi connectivity index (χ0v) is 27.0. The van der Waals surface area contributed by atoms with E-state index >= 15 is 0 Å². The molecule has 0 spiro atoms. The molecule has 0 saturated heterocycles. The molecule has 0 atom stereocenters. The van der Waals surface area contributed by atoms with Crippen LogP contribution in [0, 0.1) is 17.8 Å². The second kappa shape index (κ2) is 10.9. The lowest BCUT2D eigenvalue weighted by Gasteiger charge is -2.57. The Morgan fingerprint density at radius 3 is 2.24 bits per heavy atom. The fourth-order valence-corrected chi connectivity index (χ4v) is 8.95. The minimum atomic E-state index is -1.83. The van der Waals surface area contributed by atoms with Crippen LogP contribution >= 0.6 is 15.9 Å². The van der Waals surface area contributed by atoms with Crippen LogP contribution in [-0.4, -0.2) is 22.0 Å². The molecular weight excluding hydrogens is 548 g/mol. The van der Waals surface area contributed by atoms with Gasteiger partial charge in [-0.3, -0.25) is 0 Å². The lowest BCUT2D eigenvalue weighted by atomic mass is 9.48. The summed E-state index contributed by atoms with van der Waals surface area (Å²) in [6.07, 6.45) is 13.0. The Labute approximate surface area is 240 Å². The van der Waals surface area contributed by atoms with E-state index in [2.05, 4.69) is 98.3 Å². The SMILES string of the molecule is COc1cc(CCC=C(CO[Si](C)(C)C(C)(C)C)c2cccc(Br)c2)ccc1C12CC3CC(CC(C3)C1)C2. The molecule has 2 nitrogen and oxygen atoms in total. The highest BCUT2D eigenvalue weighted by molar-refractivity contribution is 9.10. The molecule has 38 heavy (non-hydrogen) atoms. The predicted molar refractivity (Wildman–Crippen MR) is 166 cm³/mol. The average molecular weight is 596 g/mol. The molecule has 2 aromatic rings. The molecule has 206 valence electrons. The van der Waals surface area contributed by atoms with Gasteiger partial charge in [-0.2, -0.15) is 0 Å². The van der Waals surface area contributed by atoms with Crippen LogP contribution in [0.2, 0.25) is 18.1 Å². The van der Waals surface area contributed by atoms with Crippen molar-refractivity contribution in [2.24, 2.45) is 17.8 Å². The molecule has 0 N–H and O–H groups in total. The molecule has 6 rings (SSSR count). The first-order valence-corrected chi connectivity index (χ1v) is 18.4. The zero-order valence-electron chi connectivity index (χ0n) is 24.4. The molecule has 2 aromatic carbocycles. The number of benzene rings is 2. The molecule has 0 aromatic heterocycles. The summed E-state index contributed by atoms with van der Waals surface area (Å²) in [6, 6.07) is 15.8. The summed E-state index contributed by atoms with van der Waals surface area (Å²) < 4.78 is 13.8. The van der Waals surface area contributed by atoms with E-state index in [1.165, 1.54) is 60.8 Å². The lowest BCUT2D eigenvalue weighted by molar-refractivity contribution is -0.00616. The van der Waals surface area contributed by atoms with Crippen LogP contribution in [0.5, 0.6) is 5.75 Å². The van der Waals surface area contributed by atoms with Crippen LogP contribution in [0.1, 0.15) is 82.4 Å². The Bertz CT molecular complexity index is 1140. The van der Waals surface area contributed by atoms with Gasteiger partial charge in [-0.1, -0.05) is 67.0 Å². The average Bonchev–Trinajstić information content (AvgIpc) is 2.84. The Balaban J connectivity index is 1.32. The normalized spacial score (nSPS) is 27.1. The van der Waals surface area contributed by atoms with Gasteiger partial charge in [0.2, 0.25) is 0 Å². The van der Waals surface area contributed by atoms with Gasteiger partial charge in [-0.15, -0.1) is 0 Å². The highest BCUT2D eigenvalue weighted by atomic mass is 79.9. The van der Waals surface area contributed by atoms with Crippen LogP contribution in [0.15, 0.2) is 53.0 Å². The van der Waals surface area contributed by atoms with Crippen molar-refractivity contribution in [2.75, 3.05) is 13.7 Å². The van der Waals surface area contributed by atoms with Crippen LogP contribution in [0.3, 0.4) is 0 Å². The number of halogens is 1. The molecule has 0 amide bonds. The highest BCUT2D eigenvalue weighted by Gasteiger charge is 2.52. The molecule has 0 aliphatic heterocycles. The maximum atomic E-state index is 6.66. The number of rotatable bonds is 9. The summed E-state index contributed by atoms with van der Waals surface area (Å²) in [7, 11) is 0.0330. The Morgan fingerprint density at radius 1 is 1.00 bits per heavy atom.